The van der Waals surface area contributed by atoms with Gasteiger partial charge in [-0.05, 0) is 25.7 Å². The Morgan fingerprint density at radius 2 is 2.21 bits per heavy atom. The van der Waals surface area contributed by atoms with E-state index >= 15 is 0 Å². The van der Waals surface area contributed by atoms with Gasteiger partial charge in [-0.2, -0.15) is 0 Å². The Morgan fingerprint density at radius 1 is 1.43 bits per heavy atom. The summed E-state index contributed by atoms with van der Waals surface area (Å²) >= 11 is 0. The summed E-state index contributed by atoms with van der Waals surface area (Å²) in [5, 5.41) is 0. The number of nitrogens with zero attached hydrogens (tertiary/aromatic N) is 2. The molecule has 1 saturated carbocycles. The van der Waals surface area contributed by atoms with Crippen molar-refractivity contribution in [1.82, 2.24) is 9.55 Å². The van der Waals surface area contributed by atoms with Crippen LogP contribution >= 0.6 is 0 Å². The lowest BCUT2D eigenvalue weighted by molar-refractivity contribution is 0.456. The predicted molar refractivity (Wildman–Crippen MR) is 58.2 cm³/mol. The molecule has 0 aromatic carbocycles. The van der Waals surface area contributed by atoms with E-state index in [1.54, 1.807) is 0 Å². The first kappa shape index (κ1) is 9.75. The topological polar surface area (TPSA) is 17.8 Å². The van der Waals surface area contributed by atoms with Crippen molar-refractivity contribution >= 4 is 0 Å². The lowest BCUT2D eigenvalue weighted by atomic mass is 10.0. The molecule has 1 aliphatic rings. The standard InChI is InChI=1S/C12H20N2/c1-11-13-8-10-14(11)9-4-7-12-5-2-3-6-12/h8,10,12H,2-7,9H2,1H3. The lowest BCUT2D eigenvalue weighted by Gasteiger charge is -2.09. The van der Waals surface area contributed by atoms with Crippen LogP contribution in [0.15, 0.2) is 12.4 Å². The Balaban J connectivity index is 1.70. The van der Waals surface area contributed by atoms with Crippen LogP contribution < -0.4 is 0 Å². The molecular weight excluding hydrogens is 172 g/mol. The van der Waals surface area contributed by atoms with Gasteiger partial charge < -0.3 is 4.57 Å². The highest BCUT2D eigenvalue weighted by molar-refractivity contribution is 4.88. The van der Waals surface area contributed by atoms with Gasteiger partial charge in [0.25, 0.3) is 0 Å². The molecule has 2 heteroatoms. The molecule has 1 aromatic rings. The van der Waals surface area contributed by atoms with E-state index in [2.05, 4.69) is 22.7 Å². The average molecular weight is 192 g/mol. The zero-order valence-corrected chi connectivity index (χ0v) is 9.08. The Morgan fingerprint density at radius 3 is 2.86 bits per heavy atom. The van der Waals surface area contributed by atoms with Gasteiger partial charge >= 0.3 is 0 Å². The van der Waals surface area contributed by atoms with E-state index in [0.29, 0.717) is 0 Å². The molecule has 14 heavy (non-hydrogen) atoms. The normalized spacial score (nSPS) is 17.8. The molecule has 0 bridgehead atoms. The lowest BCUT2D eigenvalue weighted by Crippen LogP contribution is -2.02. The van der Waals surface area contributed by atoms with Gasteiger partial charge in [-0.3, -0.25) is 0 Å². The molecule has 0 N–H and O–H groups in total. The molecule has 1 heterocycles. The van der Waals surface area contributed by atoms with Gasteiger partial charge in [0.05, 0.1) is 0 Å². The maximum atomic E-state index is 4.23. The van der Waals surface area contributed by atoms with Gasteiger partial charge in [-0.1, -0.05) is 25.7 Å². The van der Waals surface area contributed by atoms with E-state index in [1.807, 2.05) is 6.20 Å². The Bertz CT molecular complexity index is 272. The molecule has 1 fully saturated rings. The van der Waals surface area contributed by atoms with E-state index in [1.165, 1.54) is 38.5 Å². The van der Waals surface area contributed by atoms with Crippen molar-refractivity contribution in [3.63, 3.8) is 0 Å². The molecule has 0 unspecified atom stereocenters. The summed E-state index contributed by atoms with van der Waals surface area (Å²) in [6, 6.07) is 0. The Labute approximate surface area is 86.3 Å². The number of rotatable bonds is 4. The highest BCUT2D eigenvalue weighted by atomic mass is 15.0. The van der Waals surface area contributed by atoms with Crippen molar-refractivity contribution in [2.45, 2.75) is 52.0 Å². The van der Waals surface area contributed by atoms with Crippen molar-refractivity contribution in [1.29, 1.82) is 0 Å². The van der Waals surface area contributed by atoms with E-state index in [4.69, 9.17) is 0 Å². The molecule has 78 valence electrons. The second-order valence-electron chi connectivity index (χ2n) is 4.46. The largest absolute Gasteiger partial charge is 0.335 e. The third-order valence-corrected chi connectivity index (χ3v) is 3.41. The number of imidazole rings is 1. The first-order valence-electron chi connectivity index (χ1n) is 5.84. The molecule has 1 aromatic heterocycles. The van der Waals surface area contributed by atoms with Gasteiger partial charge in [0, 0.05) is 18.9 Å². The molecule has 0 saturated heterocycles. The average Bonchev–Trinajstić information content (AvgIpc) is 2.78. The minimum Gasteiger partial charge on any atom is -0.335 e. The van der Waals surface area contributed by atoms with Gasteiger partial charge in [0.2, 0.25) is 0 Å². The first-order chi connectivity index (χ1) is 6.86. The summed E-state index contributed by atoms with van der Waals surface area (Å²) in [6.07, 6.45) is 12.6. The van der Waals surface area contributed by atoms with Gasteiger partial charge in [-0.15, -0.1) is 0 Å². The third kappa shape index (κ3) is 2.37. The molecule has 0 amide bonds. The SMILES string of the molecule is Cc1nccn1CCCC1CCCC1. The van der Waals surface area contributed by atoms with E-state index in [0.717, 1.165) is 18.3 Å². The molecule has 0 atom stereocenters. The zero-order valence-electron chi connectivity index (χ0n) is 9.08. The van der Waals surface area contributed by atoms with Crippen molar-refractivity contribution in [3.8, 4) is 0 Å². The molecule has 0 radical (unpaired) electrons. The van der Waals surface area contributed by atoms with E-state index in [9.17, 15) is 0 Å². The molecule has 0 aliphatic heterocycles. The fourth-order valence-electron chi connectivity index (χ4n) is 2.49. The van der Waals surface area contributed by atoms with Crippen LogP contribution in [0.5, 0.6) is 0 Å². The van der Waals surface area contributed by atoms with Crippen molar-refractivity contribution in [2.75, 3.05) is 0 Å². The van der Waals surface area contributed by atoms with Crippen LogP contribution in [-0.2, 0) is 6.54 Å². The van der Waals surface area contributed by atoms with Crippen molar-refractivity contribution in [3.05, 3.63) is 18.2 Å². The maximum absolute atomic E-state index is 4.23. The maximum Gasteiger partial charge on any atom is 0.105 e. The minimum absolute atomic E-state index is 1.03. The monoisotopic (exact) mass is 192 g/mol. The highest BCUT2D eigenvalue weighted by Gasteiger charge is 2.14. The van der Waals surface area contributed by atoms with Crippen LogP contribution in [0.1, 0.15) is 44.3 Å². The summed E-state index contributed by atoms with van der Waals surface area (Å²) in [7, 11) is 0. The third-order valence-electron chi connectivity index (χ3n) is 3.41. The van der Waals surface area contributed by atoms with Crippen LogP contribution in [-0.4, -0.2) is 9.55 Å². The zero-order chi connectivity index (χ0) is 9.80. The minimum atomic E-state index is 1.03. The summed E-state index contributed by atoms with van der Waals surface area (Å²) in [4.78, 5) is 4.23. The second-order valence-corrected chi connectivity index (χ2v) is 4.46. The summed E-state index contributed by atoms with van der Waals surface area (Å²) in [5.74, 6) is 2.18. The van der Waals surface area contributed by atoms with Crippen molar-refractivity contribution < 1.29 is 0 Å². The Hall–Kier alpha value is -0.790. The fourth-order valence-corrected chi connectivity index (χ4v) is 2.49. The van der Waals surface area contributed by atoms with Crippen LogP contribution in [0.4, 0.5) is 0 Å². The predicted octanol–water partition coefficient (Wildman–Crippen LogP) is 3.16. The second kappa shape index (κ2) is 4.63. The van der Waals surface area contributed by atoms with Crippen LogP contribution in [0.25, 0.3) is 0 Å². The number of hydrogen-bond donors (Lipinski definition) is 0. The van der Waals surface area contributed by atoms with Gasteiger partial charge in [0.1, 0.15) is 5.82 Å². The molecule has 1 aliphatic carbocycles. The molecular formula is C12H20N2. The number of hydrogen-bond acceptors (Lipinski definition) is 1. The van der Waals surface area contributed by atoms with Gasteiger partial charge in [-0.25, -0.2) is 4.98 Å². The fraction of sp³-hybridized carbons (Fsp3) is 0.750. The number of aryl methyl sites for hydroxylation is 2. The van der Waals surface area contributed by atoms with Crippen molar-refractivity contribution in [2.24, 2.45) is 5.92 Å². The molecule has 0 spiro atoms. The quantitative estimate of drug-likeness (QED) is 0.716. The molecule has 2 rings (SSSR count). The van der Waals surface area contributed by atoms with E-state index in [-0.39, 0.29) is 0 Å². The summed E-state index contributed by atoms with van der Waals surface area (Å²) < 4.78 is 2.26. The number of aromatic nitrogens is 2. The Kier molecular flexibility index (Phi) is 3.22. The first-order valence-corrected chi connectivity index (χ1v) is 5.84. The van der Waals surface area contributed by atoms with Crippen LogP contribution in [0.3, 0.4) is 0 Å². The molecule has 2 nitrogen and oxygen atoms in total. The summed E-state index contributed by atoms with van der Waals surface area (Å²) in [5.41, 5.74) is 0. The smallest absolute Gasteiger partial charge is 0.105 e. The van der Waals surface area contributed by atoms with Gasteiger partial charge in [0.15, 0.2) is 0 Å². The van der Waals surface area contributed by atoms with E-state index < -0.39 is 0 Å². The summed E-state index contributed by atoms with van der Waals surface area (Å²) in [6.45, 7) is 3.23. The van der Waals surface area contributed by atoms with Crippen LogP contribution in [0, 0.1) is 12.8 Å². The highest BCUT2D eigenvalue weighted by Crippen LogP contribution is 2.28. The van der Waals surface area contributed by atoms with Crippen LogP contribution in [0.2, 0.25) is 0 Å².